The van der Waals surface area contributed by atoms with Crippen molar-refractivity contribution in [3.8, 4) is 0 Å². The Kier molecular flexibility index (Phi) is 5.32. The van der Waals surface area contributed by atoms with Gasteiger partial charge in [0, 0.05) is 56.8 Å². The summed E-state index contributed by atoms with van der Waals surface area (Å²) in [5.41, 5.74) is 6.07. The number of hydrogen-bond donors (Lipinski definition) is 1. The lowest BCUT2D eigenvalue weighted by Gasteiger charge is -2.30. The van der Waals surface area contributed by atoms with Crippen molar-refractivity contribution in [3.05, 3.63) is 0 Å². The monoisotopic (exact) mass is 193 g/mol. The topological polar surface area (TPSA) is 26.0 Å². The van der Waals surface area contributed by atoms with Gasteiger partial charge < -0.3 is 5.73 Å². The van der Waals surface area contributed by atoms with Crippen molar-refractivity contribution in [2.24, 2.45) is 5.73 Å². The number of rotatable bonds is 3. The molecule has 2 bridgehead atoms. The minimum Gasteiger partial charge on any atom is -0.330 e. The standard InChI is InChI=1S/C5H9B10N/c16-3-1-2-5-6-4(7-9-5)8-11-13-15-14-12-10-5/h4H,1-3,16H2. The molecule has 16 heavy (non-hydrogen) atoms. The molecule has 2 aliphatic rings. The minimum absolute atomic E-state index is 0.121. The summed E-state index contributed by atoms with van der Waals surface area (Å²) >= 11 is 0. The van der Waals surface area contributed by atoms with Gasteiger partial charge in [-0.25, -0.2) is 0 Å². The molecule has 0 amide bonds. The zero-order chi connectivity index (χ0) is 11.3. The third kappa shape index (κ3) is 3.55. The molecule has 0 saturated carbocycles. The van der Waals surface area contributed by atoms with Crippen LogP contribution in [0.5, 0.6) is 0 Å². The van der Waals surface area contributed by atoms with E-state index >= 15 is 0 Å². The second kappa shape index (κ2) is 6.52. The summed E-state index contributed by atoms with van der Waals surface area (Å²) in [7, 11) is 22.0. The summed E-state index contributed by atoms with van der Waals surface area (Å²) in [6.07, 6.45) is 2.18. The molecular weight excluding hydrogens is 182 g/mol. The van der Waals surface area contributed by atoms with Gasteiger partial charge in [0.15, 0.2) is 0 Å². The summed E-state index contributed by atoms with van der Waals surface area (Å²) in [5, 5.41) is 0.121. The molecule has 2 N–H and O–H groups in total. The molecule has 1 nitrogen and oxygen atoms in total. The second-order valence-electron chi connectivity index (χ2n) is 4.43. The lowest BCUT2D eigenvalue weighted by molar-refractivity contribution is 0.750. The van der Waals surface area contributed by atoms with Crippen LogP contribution in [0.1, 0.15) is 12.8 Å². The zero-order valence-electron chi connectivity index (χ0n) is 9.55. The molecular formula is C5H9B10N. The van der Waals surface area contributed by atoms with Crippen molar-refractivity contribution in [1.29, 1.82) is 0 Å². The van der Waals surface area contributed by atoms with E-state index in [1.54, 1.807) is 0 Å². The first-order chi connectivity index (χ1) is 7.85. The molecule has 0 aromatic carbocycles. The third-order valence-electron chi connectivity index (χ3n) is 3.13. The first-order valence-electron chi connectivity index (χ1n) is 5.96. The highest BCUT2D eigenvalue weighted by Gasteiger charge is 2.38. The number of fused-ring (bicyclic) bond motifs is 2. The predicted molar refractivity (Wildman–Crippen MR) is 82.3 cm³/mol. The van der Waals surface area contributed by atoms with Crippen LogP contribution in [-0.4, -0.2) is 77.8 Å². The van der Waals surface area contributed by atoms with Gasteiger partial charge in [0.1, 0.15) is 0 Å². The van der Waals surface area contributed by atoms with Crippen molar-refractivity contribution >= 4 is 71.3 Å². The highest BCUT2D eigenvalue weighted by atomic mass is 14.5. The van der Waals surface area contributed by atoms with E-state index in [-0.39, 0.29) is 5.11 Å². The van der Waals surface area contributed by atoms with E-state index in [0.29, 0.717) is 5.62 Å². The maximum Gasteiger partial charge on any atom is 0.0821 e. The molecule has 2 rings (SSSR count). The van der Waals surface area contributed by atoms with Gasteiger partial charge in [-0.2, -0.15) is 0 Å². The summed E-state index contributed by atoms with van der Waals surface area (Å²) in [6, 6.07) is 0. The second-order valence-corrected chi connectivity index (χ2v) is 4.43. The molecule has 2 atom stereocenters. The van der Waals surface area contributed by atoms with Crippen LogP contribution >= 0.6 is 0 Å². The van der Waals surface area contributed by atoms with Gasteiger partial charge in [0.05, 0.1) is 14.4 Å². The van der Waals surface area contributed by atoms with Crippen LogP contribution < -0.4 is 5.73 Å². The summed E-state index contributed by atoms with van der Waals surface area (Å²) < 4.78 is 0. The zero-order valence-corrected chi connectivity index (χ0v) is 9.55. The van der Waals surface area contributed by atoms with E-state index in [4.69, 9.17) is 5.73 Å². The lowest BCUT2D eigenvalue weighted by Crippen LogP contribution is -2.40. The van der Waals surface area contributed by atoms with Crippen LogP contribution in [0.3, 0.4) is 0 Å². The average Bonchev–Trinajstić information content (AvgIpc) is 2.69. The lowest BCUT2D eigenvalue weighted by atomic mass is 8.89. The molecule has 2 saturated heterocycles. The van der Waals surface area contributed by atoms with Gasteiger partial charge in [0.2, 0.25) is 0 Å². The smallest absolute Gasteiger partial charge is 0.0821 e. The van der Waals surface area contributed by atoms with Crippen LogP contribution in [0.15, 0.2) is 0 Å². The minimum atomic E-state index is 0.121. The Morgan fingerprint density at radius 2 is 1.75 bits per heavy atom. The van der Waals surface area contributed by atoms with Crippen LogP contribution in [-0.2, 0) is 0 Å². The Labute approximate surface area is 107 Å². The highest BCUT2D eigenvalue weighted by molar-refractivity contribution is 7.64. The van der Waals surface area contributed by atoms with Gasteiger partial charge in [-0.1, -0.05) is 6.42 Å². The largest absolute Gasteiger partial charge is 0.330 e. The van der Waals surface area contributed by atoms with Crippen LogP contribution in [0.25, 0.3) is 0 Å². The fourth-order valence-corrected chi connectivity index (χ4v) is 2.27. The number of nitrogens with two attached hydrogens (primary N) is 1. The fourth-order valence-electron chi connectivity index (χ4n) is 2.27. The molecule has 0 spiro atoms. The molecule has 2 heterocycles. The summed E-state index contributed by atoms with van der Waals surface area (Å²) in [6.45, 7) is 0.765. The number of hydrogen-bond acceptors (Lipinski definition) is 1. The summed E-state index contributed by atoms with van der Waals surface area (Å²) in [4.78, 5) is 0. The third-order valence-corrected chi connectivity index (χ3v) is 3.13. The maximum atomic E-state index is 5.60. The van der Waals surface area contributed by atoms with Gasteiger partial charge >= 0.3 is 0 Å². The van der Waals surface area contributed by atoms with Crippen molar-refractivity contribution < 1.29 is 0 Å². The normalized spacial score (nSPS) is 31.2. The van der Waals surface area contributed by atoms with E-state index in [0.717, 1.165) is 19.4 Å². The van der Waals surface area contributed by atoms with Crippen molar-refractivity contribution in [2.45, 2.75) is 23.6 Å². The van der Waals surface area contributed by atoms with E-state index in [1.807, 2.05) is 0 Å². The van der Waals surface area contributed by atoms with Gasteiger partial charge in [0.25, 0.3) is 0 Å². The molecule has 0 aromatic heterocycles. The molecule has 0 aliphatic carbocycles. The molecule has 2 fully saturated rings. The van der Waals surface area contributed by atoms with Gasteiger partial charge in [-0.05, 0) is 13.0 Å². The maximum absolute atomic E-state index is 5.60. The van der Waals surface area contributed by atoms with Gasteiger partial charge in [-0.3, -0.25) is 0 Å². The van der Waals surface area contributed by atoms with Crippen LogP contribution in [0.2, 0.25) is 10.7 Å². The average molecular weight is 191 g/mol. The van der Waals surface area contributed by atoms with E-state index in [2.05, 4.69) is 71.3 Å². The molecule has 2 aliphatic heterocycles. The molecule has 64 valence electrons. The molecule has 11 heteroatoms. The van der Waals surface area contributed by atoms with Gasteiger partial charge in [-0.15, -0.1) is 10.7 Å². The Bertz CT molecular complexity index is 215. The fraction of sp³-hybridized carbons (Fsp3) is 1.00. The van der Waals surface area contributed by atoms with Crippen LogP contribution in [0.4, 0.5) is 0 Å². The SMILES string of the molecule is NCCCC12[B][B][B][B][B][B][B]C([B][B]1)[B]2. The molecule has 0 aromatic rings. The van der Waals surface area contributed by atoms with E-state index in [9.17, 15) is 0 Å². The van der Waals surface area contributed by atoms with E-state index in [1.165, 1.54) is 0 Å². The Balaban J connectivity index is 1.92. The Morgan fingerprint density at radius 3 is 2.62 bits per heavy atom. The van der Waals surface area contributed by atoms with Crippen molar-refractivity contribution in [3.63, 3.8) is 0 Å². The quantitative estimate of drug-likeness (QED) is 0.472. The molecule has 10 radical (unpaired) electrons. The highest BCUT2D eigenvalue weighted by Crippen LogP contribution is 2.36. The Morgan fingerprint density at radius 1 is 0.938 bits per heavy atom. The Hall–Kier alpha value is 0.609. The van der Waals surface area contributed by atoms with E-state index < -0.39 is 0 Å². The van der Waals surface area contributed by atoms with Crippen LogP contribution in [0, 0.1) is 0 Å². The summed E-state index contributed by atoms with van der Waals surface area (Å²) in [5.74, 6) is 0. The van der Waals surface area contributed by atoms with Crippen molar-refractivity contribution in [1.82, 2.24) is 0 Å². The first-order valence-corrected chi connectivity index (χ1v) is 5.96. The first kappa shape index (κ1) is 13.1. The van der Waals surface area contributed by atoms with Crippen molar-refractivity contribution in [2.75, 3.05) is 6.54 Å². The molecule has 2 unspecified atom stereocenters. The predicted octanol–water partition coefficient (Wildman–Crippen LogP) is -3.02.